The molecule has 0 aliphatic heterocycles. The standard InChI is InChI=1S/C16H20O.C2H2.CH2O2/c1-3-13(2)5-4-12-17-16-10-8-15(9-11-16)14-6-7-14;1-2;2-1-3/h3-5,8-11,14H,6-7,12H2,1-2H3;1-2H;1H,(H,2,3)/b5-4-,13-3-;;. The summed E-state index contributed by atoms with van der Waals surface area (Å²) in [6, 6.07) is 8.52. The number of terminal acetylenes is 1. The Hall–Kier alpha value is -2.47. The molecule has 1 saturated carbocycles. The maximum Gasteiger partial charge on any atom is 0.290 e. The van der Waals surface area contributed by atoms with Gasteiger partial charge in [-0.15, -0.1) is 12.8 Å². The molecular formula is C19H24O3. The summed E-state index contributed by atoms with van der Waals surface area (Å²) in [6.45, 7) is 4.51. The van der Waals surface area contributed by atoms with E-state index in [1.807, 2.05) is 13.0 Å². The zero-order chi connectivity index (χ0) is 16.8. The minimum absolute atomic E-state index is 0.250. The van der Waals surface area contributed by atoms with Crippen molar-refractivity contribution in [2.45, 2.75) is 32.6 Å². The Morgan fingerprint density at radius 3 is 2.32 bits per heavy atom. The Bertz CT molecular complexity index is 491. The fourth-order valence-electron chi connectivity index (χ4n) is 1.73. The van der Waals surface area contributed by atoms with Crippen molar-refractivity contribution in [1.82, 2.24) is 0 Å². The van der Waals surface area contributed by atoms with Crippen LogP contribution in [0.1, 0.15) is 38.2 Å². The van der Waals surface area contributed by atoms with Gasteiger partial charge < -0.3 is 9.84 Å². The molecule has 1 aliphatic rings. The predicted molar refractivity (Wildman–Crippen MR) is 91.1 cm³/mol. The van der Waals surface area contributed by atoms with Gasteiger partial charge in [-0.25, -0.2) is 0 Å². The molecule has 0 heterocycles. The van der Waals surface area contributed by atoms with E-state index < -0.39 is 0 Å². The average molecular weight is 300 g/mol. The quantitative estimate of drug-likeness (QED) is 0.497. The highest BCUT2D eigenvalue weighted by Crippen LogP contribution is 2.40. The summed E-state index contributed by atoms with van der Waals surface area (Å²) in [5.74, 6) is 1.78. The summed E-state index contributed by atoms with van der Waals surface area (Å²) < 4.78 is 5.64. The summed E-state index contributed by atoms with van der Waals surface area (Å²) in [5, 5.41) is 6.89. The summed E-state index contributed by atoms with van der Waals surface area (Å²) in [5.41, 5.74) is 2.72. The van der Waals surface area contributed by atoms with Crippen molar-refractivity contribution < 1.29 is 14.6 Å². The third kappa shape index (κ3) is 8.65. The topological polar surface area (TPSA) is 46.5 Å². The maximum absolute atomic E-state index is 8.36. The summed E-state index contributed by atoms with van der Waals surface area (Å²) in [6.07, 6.45) is 16.9. The van der Waals surface area contributed by atoms with Gasteiger partial charge in [0.2, 0.25) is 0 Å². The van der Waals surface area contributed by atoms with Gasteiger partial charge in [0.15, 0.2) is 0 Å². The fourth-order valence-corrected chi connectivity index (χ4v) is 1.73. The van der Waals surface area contributed by atoms with Crippen LogP contribution >= 0.6 is 0 Å². The lowest BCUT2D eigenvalue weighted by Gasteiger charge is -2.04. The van der Waals surface area contributed by atoms with Crippen molar-refractivity contribution in [3.8, 4) is 18.6 Å². The van der Waals surface area contributed by atoms with Crippen LogP contribution < -0.4 is 4.74 Å². The van der Waals surface area contributed by atoms with Gasteiger partial charge in [0.05, 0.1) is 0 Å². The number of allylic oxidation sites excluding steroid dienone is 3. The number of hydrogen-bond acceptors (Lipinski definition) is 2. The molecular weight excluding hydrogens is 276 g/mol. The molecule has 0 atom stereocenters. The number of benzene rings is 1. The van der Waals surface area contributed by atoms with Crippen LogP contribution in [-0.2, 0) is 4.79 Å². The predicted octanol–water partition coefficient (Wildman–Crippen LogP) is 4.42. The first-order valence-corrected chi connectivity index (χ1v) is 7.14. The zero-order valence-corrected chi connectivity index (χ0v) is 13.2. The van der Waals surface area contributed by atoms with Crippen molar-refractivity contribution >= 4 is 6.47 Å². The van der Waals surface area contributed by atoms with Crippen molar-refractivity contribution in [3.63, 3.8) is 0 Å². The van der Waals surface area contributed by atoms with Crippen molar-refractivity contribution in [1.29, 1.82) is 0 Å². The first-order valence-electron chi connectivity index (χ1n) is 7.14. The average Bonchev–Trinajstić information content (AvgIpc) is 3.39. The van der Waals surface area contributed by atoms with Crippen molar-refractivity contribution in [3.05, 3.63) is 53.6 Å². The molecule has 1 N–H and O–H groups in total. The minimum atomic E-state index is -0.250. The second kappa shape index (κ2) is 12.3. The molecule has 1 aromatic carbocycles. The minimum Gasteiger partial charge on any atom is -0.490 e. The van der Waals surface area contributed by atoms with Crippen LogP contribution in [0.15, 0.2) is 48.1 Å². The fraction of sp³-hybridized carbons (Fsp3) is 0.316. The number of carbonyl (C=O) groups is 1. The van der Waals surface area contributed by atoms with E-state index in [2.05, 4.69) is 56.2 Å². The molecule has 3 nitrogen and oxygen atoms in total. The van der Waals surface area contributed by atoms with Gasteiger partial charge in [0.1, 0.15) is 12.4 Å². The Morgan fingerprint density at radius 1 is 1.32 bits per heavy atom. The Kier molecular flexibility index (Phi) is 10.9. The second-order valence-corrected chi connectivity index (χ2v) is 4.69. The summed E-state index contributed by atoms with van der Waals surface area (Å²) >= 11 is 0. The van der Waals surface area contributed by atoms with Gasteiger partial charge in [0, 0.05) is 0 Å². The summed E-state index contributed by atoms with van der Waals surface area (Å²) in [7, 11) is 0. The van der Waals surface area contributed by atoms with E-state index >= 15 is 0 Å². The van der Waals surface area contributed by atoms with Crippen LogP contribution in [0.5, 0.6) is 5.75 Å². The van der Waals surface area contributed by atoms with Gasteiger partial charge in [-0.2, -0.15) is 0 Å². The third-order valence-electron chi connectivity index (χ3n) is 3.11. The lowest BCUT2D eigenvalue weighted by atomic mass is 10.1. The van der Waals surface area contributed by atoms with Gasteiger partial charge in [-0.05, 0) is 56.4 Å². The molecule has 0 amide bonds. The maximum atomic E-state index is 8.36. The molecule has 22 heavy (non-hydrogen) atoms. The molecule has 0 bridgehead atoms. The third-order valence-corrected chi connectivity index (χ3v) is 3.11. The highest BCUT2D eigenvalue weighted by atomic mass is 16.5. The normalized spacial score (nSPS) is 13.4. The van der Waals surface area contributed by atoms with E-state index in [1.165, 1.54) is 24.0 Å². The monoisotopic (exact) mass is 300 g/mol. The molecule has 0 spiro atoms. The highest BCUT2D eigenvalue weighted by molar-refractivity contribution is 5.32. The molecule has 1 fully saturated rings. The molecule has 118 valence electrons. The van der Waals surface area contributed by atoms with Crippen molar-refractivity contribution in [2.24, 2.45) is 0 Å². The van der Waals surface area contributed by atoms with Crippen LogP contribution in [0.25, 0.3) is 0 Å². The highest BCUT2D eigenvalue weighted by Gasteiger charge is 2.22. The zero-order valence-electron chi connectivity index (χ0n) is 13.2. The second-order valence-electron chi connectivity index (χ2n) is 4.69. The van der Waals surface area contributed by atoms with Crippen LogP contribution in [0, 0.1) is 12.8 Å². The van der Waals surface area contributed by atoms with Gasteiger partial charge in [0.25, 0.3) is 6.47 Å². The SMILES string of the molecule is C#C.C/C=C(C)\C=C/COc1ccc(C2CC2)cc1.O=CO. The Morgan fingerprint density at radius 2 is 1.86 bits per heavy atom. The van der Waals surface area contributed by atoms with Gasteiger partial charge in [-0.3, -0.25) is 4.79 Å². The number of hydrogen-bond donors (Lipinski definition) is 1. The summed E-state index contributed by atoms with van der Waals surface area (Å²) in [4.78, 5) is 8.36. The molecule has 3 heteroatoms. The Labute approximate surface area is 133 Å². The molecule has 1 aliphatic carbocycles. The number of ether oxygens (including phenoxy) is 1. The largest absolute Gasteiger partial charge is 0.490 e. The van der Waals surface area contributed by atoms with E-state index in [1.54, 1.807) is 0 Å². The van der Waals surface area contributed by atoms with Gasteiger partial charge >= 0.3 is 0 Å². The first-order chi connectivity index (χ1) is 10.7. The van der Waals surface area contributed by atoms with Crippen LogP contribution in [0.4, 0.5) is 0 Å². The first kappa shape index (κ1) is 19.5. The van der Waals surface area contributed by atoms with Gasteiger partial charge in [-0.1, -0.05) is 29.9 Å². The molecule has 2 rings (SSSR count). The molecule has 0 saturated heterocycles. The lowest BCUT2D eigenvalue weighted by molar-refractivity contribution is -0.122. The van der Waals surface area contributed by atoms with E-state index in [0.717, 1.165) is 11.7 Å². The smallest absolute Gasteiger partial charge is 0.290 e. The van der Waals surface area contributed by atoms with Crippen molar-refractivity contribution in [2.75, 3.05) is 6.61 Å². The van der Waals surface area contributed by atoms with Crippen LogP contribution in [0.3, 0.4) is 0 Å². The van der Waals surface area contributed by atoms with Crippen LogP contribution in [-0.4, -0.2) is 18.2 Å². The number of carboxylic acid groups (broad SMARTS) is 1. The van der Waals surface area contributed by atoms with E-state index in [9.17, 15) is 0 Å². The number of rotatable bonds is 5. The van der Waals surface area contributed by atoms with E-state index in [4.69, 9.17) is 14.6 Å². The van der Waals surface area contributed by atoms with Crippen LogP contribution in [0.2, 0.25) is 0 Å². The molecule has 0 radical (unpaired) electrons. The van der Waals surface area contributed by atoms with E-state index in [-0.39, 0.29) is 6.47 Å². The lowest BCUT2D eigenvalue weighted by Crippen LogP contribution is -1.93. The molecule has 0 aromatic heterocycles. The molecule has 0 unspecified atom stereocenters. The van der Waals surface area contributed by atoms with E-state index in [0.29, 0.717) is 6.61 Å². The Balaban J connectivity index is 0.000000789. The molecule has 1 aromatic rings.